The summed E-state index contributed by atoms with van der Waals surface area (Å²) in [6, 6.07) is 19.6. The van der Waals surface area contributed by atoms with Crippen LogP contribution < -0.4 is 0 Å². The fourth-order valence-corrected chi connectivity index (χ4v) is 5.39. The average molecular weight is 446 g/mol. The highest BCUT2D eigenvalue weighted by molar-refractivity contribution is 5.27. The molecule has 0 spiro atoms. The molecule has 0 aromatic heterocycles. The van der Waals surface area contributed by atoms with Crippen LogP contribution in [0, 0.1) is 5.92 Å². The van der Waals surface area contributed by atoms with Gasteiger partial charge in [-0.15, -0.1) is 0 Å². The zero-order valence-corrected chi connectivity index (χ0v) is 19.7. The maximum Gasteiger partial charge on any atom is 0.392 e. The number of benzene rings is 2. The summed E-state index contributed by atoms with van der Waals surface area (Å²) in [6.45, 7) is 7.82. The van der Waals surface area contributed by atoms with Crippen LogP contribution in [0.4, 0.5) is 13.2 Å². The Kier molecular flexibility index (Phi) is 8.81. The summed E-state index contributed by atoms with van der Waals surface area (Å²) in [5.74, 6) is -1.55. The van der Waals surface area contributed by atoms with Crippen LogP contribution in [-0.2, 0) is 12.8 Å². The summed E-state index contributed by atoms with van der Waals surface area (Å²) in [5.41, 5.74) is 3.44. The number of rotatable bonds is 10. The fourth-order valence-electron chi connectivity index (χ4n) is 5.39. The number of nitrogens with zero attached hydrogens (tertiary/aromatic N) is 1. The summed E-state index contributed by atoms with van der Waals surface area (Å²) in [5, 5.41) is 0. The minimum absolute atomic E-state index is 0.266. The van der Waals surface area contributed by atoms with E-state index in [-0.39, 0.29) is 12.3 Å². The highest BCUT2D eigenvalue weighted by atomic mass is 19.4. The Balaban J connectivity index is 1.58. The molecule has 0 bridgehead atoms. The van der Waals surface area contributed by atoms with Gasteiger partial charge >= 0.3 is 6.18 Å². The third-order valence-electron chi connectivity index (χ3n) is 7.22. The van der Waals surface area contributed by atoms with Crippen LogP contribution in [0.5, 0.6) is 0 Å². The first-order valence-electron chi connectivity index (χ1n) is 12.2. The summed E-state index contributed by atoms with van der Waals surface area (Å²) in [6.07, 6.45) is 1.66. The van der Waals surface area contributed by atoms with Crippen LogP contribution in [0.25, 0.3) is 0 Å². The molecular weight excluding hydrogens is 407 g/mol. The van der Waals surface area contributed by atoms with E-state index in [2.05, 4.69) is 68.1 Å². The number of aryl methyl sites for hydroxylation is 1. The fraction of sp³-hybridized carbons (Fsp3) is 0.571. The average Bonchev–Trinajstić information content (AvgIpc) is 3.27. The molecule has 3 unspecified atom stereocenters. The molecule has 3 rings (SSSR count). The van der Waals surface area contributed by atoms with Crippen molar-refractivity contribution in [3.63, 3.8) is 0 Å². The second-order valence-corrected chi connectivity index (χ2v) is 9.60. The minimum atomic E-state index is -4.09. The third-order valence-corrected chi connectivity index (χ3v) is 7.22. The predicted molar refractivity (Wildman–Crippen MR) is 127 cm³/mol. The molecule has 1 saturated carbocycles. The first-order valence-corrected chi connectivity index (χ1v) is 12.2. The summed E-state index contributed by atoms with van der Waals surface area (Å²) in [4.78, 5) is 2.60. The Bertz CT molecular complexity index is 798. The maximum atomic E-state index is 13.3. The molecule has 3 atom stereocenters. The third kappa shape index (κ3) is 6.60. The Morgan fingerprint density at radius 2 is 1.56 bits per heavy atom. The van der Waals surface area contributed by atoms with Gasteiger partial charge in [0, 0.05) is 18.6 Å². The first kappa shape index (κ1) is 24.8. The van der Waals surface area contributed by atoms with Crippen LogP contribution >= 0.6 is 0 Å². The van der Waals surface area contributed by atoms with Crippen molar-refractivity contribution in [2.75, 3.05) is 6.54 Å². The Morgan fingerprint density at radius 3 is 2.16 bits per heavy atom. The second-order valence-electron chi connectivity index (χ2n) is 9.60. The lowest BCUT2D eigenvalue weighted by atomic mass is 9.87. The van der Waals surface area contributed by atoms with Gasteiger partial charge in [0.1, 0.15) is 0 Å². The molecular formula is C28H38F3N. The van der Waals surface area contributed by atoms with E-state index in [1.54, 1.807) is 0 Å². The van der Waals surface area contributed by atoms with Crippen LogP contribution in [0.15, 0.2) is 54.6 Å². The van der Waals surface area contributed by atoms with Gasteiger partial charge in [-0.1, -0.05) is 67.9 Å². The summed E-state index contributed by atoms with van der Waals surface area (Å²) >= 11 is 0. The predicted octanol–water partition coefficient (Wildman–Crippen LogP) is 7.80. The van der Waals surface area contributed by atoms with Crippen molar-refractivity contribution in [3.05, 3.63) is 71.3 Å². The van der Waals surface area contributed by atoms with E-state index < -0.39 is 12.1 Å². The van der Waals surface area contributed by atoms with Gasteiger partial charge in [-0.3, -0.25) is 4.90 Å². The van der Waals surface area contributed by atoms with Crippen molar-refractivity contribution in [1.29, 1.82) is 0 Å². The largest absolute Gasteiger partial charge is 0.392 e. The Hall–Kier alpha value is -1.81. The molecule has 1 aliphatic carbocycles. The quantitative estimate of drug-likeness (QED) is 0.361. The van der Waals surface area contributed by atoms with Crippen LogP contribution in [0.2, 0.25) is 0 Å². The highest BCUT2D eigenvalue weighted by Crippen LogP contribution is 2.48. The summed E-state index contributed by atoms with van der Waals surface area (Å²) in [7, 11) is 0. The molecule has 1 aliphatic rings. The topological polar surface area (TPSA) is 3.24 Å². The highest BCUT2D eigenvalue weighted by Gasteiger charge is 2.47. The Labute approximate surface area is 192 Å². The number of halogens is 3. The maximum absolute atomic E-state index is 13.3. The van der Waals surface area contributed by atoms with Crippen LogP contribution in [-0.4, -0.2) is 29.7 Å². The van der Waals surface area contributed by atoms with Crippen molar-refractivity contribution in [2.45, 2.75) is 89.9 Å². The normalized spacial score (nSPS) is 20.2. The number of alkyl halides is 3. The molecule has 0 aliphatic heterocycles. The van der Waals surface area contributed by atoms with Gasteiger partial charge in [-0.25, -0.2) is 0 Å². The summed E-state index contributed by atoms with van der Waals surface area (Å²) < 4.78 is 40.0. The second kappa shape index (κ2) is 11.4. The van der Waals surface area contributed by atoms with E-state index in [1.807, 2.05) is 12.1 Å². The standard InChI is InChI=1S/C28H38F3N/c1-4-25(32(21(2)3)20-19-22-9-6-5-7-10-22)18-15-23-13-16-24(17-14-23)26-11-8-12-27(26)28(29,30)31/h5-7,9-10,13-14,16-17,21,25-27H,4,8,11-12,15,18-20H2,1-3H3. The molecule has 2 aromatic carbocycles. The van der Waals surface area contributed by atoms with Crippen molar-refractivity contribution in [1.82, 2.24) is 4.90 Å². The molecule has 0 saturated heterocycles. The Morgan fingerprint density at radius 1 is 0.906 bits per heavy atom. The number of hydrogen-bond donors (Lipinski definition) is 0. The van der Waals surface area contributed by atoms with Crippen molar-refractivity contribution in [2.24, 2.45) is 5.92 Å². The lowest BCUT2D eigenvalue weighted by molar-refractivity contribution is -0.176. The van der Waals surface area contributed by atoms with E-state index in [4.69, 9.17) is 0 Å². The zero-order valence-electron chi connectivity index (χ0n) is 19.7. The van der Waals surface area contributed by atoms with Gasteiger partial charge in [0.15, 0.2) is 0 Å². The zero-order chi connectivity index (χ0) is 23.1. The van der Waals surface area contributed by atoms with E-state index in [0.717, 1.165) is 37.8 Å². The molecule has 4 heteroatoms. The van der Waals surface area contributed by atoms with Gasteiger partial charge in [-0.05, 0) is 75.0 Å². The van der Waals surface area contributed by atoms with E-state index in [9.17, 15) is 13.2 Å². The molecule has 0 heterocycles. The molecule has 32 heavy (non-hydrogen) atoms. The molecule has 1 fully saturated rings. The van der Waals surface area contributed by atoms with Gasteiger partial charge in [0.25, 0.3) is 0 Å². The van der Waals surface area contributed by atoms with Crippen LogP contribution in [0.1, 0.15) is 75.5 Å². The molecule has 2 aromatic rings. The van der Waals surface area contributed by atoms with Crippen LogP contribution in [0.3, 0.4) is 0 Å². The van der Waals surface area contributed by atoms with Gasteiger partial charge < -0.3 is 0 Å². The van der Waals surface area contributed by atoms with Gasteiger partial charge in [0.05, 0.1) is 5.92 Å². The lowest BCUT2D eigenvalue weighted by Crippen LogP contribution is -2.41. The van der Waals surface area contributed by atoms with Crippen molar-refractivity contribution in [3.8, 4) is 0 Å². The van der Waals surface area contributed by atoms with Gasteiger partial charge in [-0.2, -0.15) is 13.2 Å². The molecule has 0 radical (unpaired) electrons. The minimum Gasteiger partial charge on any atom is -0.298 e. The van der Waals surface area contributed by atoms with E-state index in [0.29, 0.717) is 24.9 Å². The molecule has 0 N–H and O–H groups in total. The molecule has 176 valence electrons. The first-order chi connectivity index (χ1) is 15.3. The van der Waals surface area contributed by atoms with Crippen molar-refractivity contribution >= 4 is 0 Å². The molecule has 1 nitrogen and oxygen atoms in total. The van der Waals surface area contributed by atoms with E-state index in [1.165, 1.54) is 11.1 Å². The monoisotopic (exact) mass is 445 g/mol. The lowest BCUT2D eigenvalue weighted by Gasteiger charge is -2.35. The SMILES string of the molecule is CCC(CCc1ccc(C2CCCC2C(F)(F)F)cc1)N(CCc1ccccc1)C(C)C. The molecule has 0 amide bonds. The van der Waals surface area contributed by atoms with Gasteiger partial charge in [0.2, 0.25) is 0 Å². The number of hydrogen-bond acceptors (Lipinski definition) is 1. The van der Waals surface area contributed by atoms with Crippen molar-refractivity contribution < 1.29 is 13.2 Å². The smallest absolute Gasteiger partial charge is 0.298 e. The van der Waals surface area contributed by atoms with E-state index >= 15 is 0 Å².